The van der Waals surface area contributed by atoms with Crippen molar-refractivity contribution in [2.75, 3.05) is 13.1 Å². The minimum absolute atomic E-state index is 0.630. The van der Waals surface area contributed by atoms with Crippen molar-refractivity contribution in [2.24, 2.45) is 0 Å². The minimum atomic E-state index is 0.630. The second-order valence-electron chi connectivity index (χ2n) is 3.66. The molecule has 5 heteroatoms. The van der Waals surface area contributed by atoms with Crippen molar-refractivity contribution in [2.45, 2.75) is 18.8 Å². The molecule has 0 aromatic carbocycles. The predicted octanol–water partition coefficient (Wildman–Crippen LogP) is 1.26. The molecule has 0 spiro atoms. The van der Waals surface area contributed by atoms with Gasteiger partial charge in [0.05, 0.1) is 11.9 Å². The molecule has 3 rings (SSSR count). The summed E-state index contributed by atoms with van der Waals surface area (Å²) in [5.74, 6) is 0.630. The van der Waals surface area contributed by atoms with Crippen molar-refractivity contribution < 1.29 is 0 Å². The van der Waals surface area contributed by atoms with Crippen LogP contribution >= 0.6 is 11.3 Å². The zero-order valence-electron chi connectivity index (χ0n) is 7.81. The molecular weight excluding hydrogens is 196 g/mol. The molecular formula is C9H12N4S. The molecule has 2 aromatic rings. The zero-order chi connectivity index (χ0) is 9.38. The number of imidazole rings is 1. The van der Waals surface area contributed by atoms with Crippen LogP contribution in [0, 0.1) is 0 Å². The van der Waals surface area contributed by atoms with E-state index in [0.29, 0.717) is 5.92 Å². The van der Waals surface area contributed by atoms with Crippen LogP contribution in [0.3, 0.4) is 0 Å². The molecule has 0 aliphatic carbocycles. The highest BCUT2D eigenvalue weighted by Gasteiger charge is 2.18. The fourth-order valence-corrected chi connectivity index (χ4v) is 2.58. The molecule has 0 atom stereocenters. The number of nitrogens with one attached hydrogen (secondary N) is 1. The van der Waals surface area contributed by atoms with Crippen LogP contribution in [0.2, 0.25) is 0 Å². The number of rotatable bonds is 1. The van der Waals surface area contributed by atoms with Gasteiger partial charge >= 0.3 is 0 Å². The monoisotopic (exact) mass is 208 g/mol. The van der Waals surface area contributed by atoms with Gasteiger partial charge in [0.2, 0.25) is 4.96 Å². The maximum Gasteiger partial charge on any atom is 0.212 e. The zero-order valence-corrected chi connectivity index (χ0v) is 8.63. The van der Waals surface area contributed by atoms with Gasteiger partial charge in [-0.1, -0.05) is 11.3 Å². The van der Waals surface area contributed by atoms with Crippen molar-refractivity contribution in [3.63, 3.8) is 0 Å². The van der Waals surface area contributed by atoms with Crippen LogP contribution in [-0.4, -0.2) is 27.7 Å². The Morgan fingerprint density at radius 1 is 1.43 bits per heavy atom. The lowest BCUT2D eigenvalue weighted by molar-refractivity contribution is 0.454. The minimum Gasteiger partial charge on any atom is -0.317 e. The van der Waals surface area contributed by atoms with Crippen molar-refractivity contribution in [1.29, 1.82) is 0 Å². The molecule has 1 fully saturated rings. The first kappa shape index (κ1) is 8.38. The van der Waals surface area contributed by atoms with Gasteiger partial charge in [0, 0.05) is 5.92 Å². The summed E-state index contributed by atoms with van der Waals surface area (Å²) in [6.45, 7) is 2.23. The van der Waals surface area contributed by atoms with Crippen molar-refractivity contribution >= 4 is 16.3 Å². The van der Waals surface area contributed by atoms with Crippen LogP contribution in [0.4, 0.5) is 0 Å². The molecule has 4 nitrogen and oxygen atoms in total. The summed E-state index contributed by atoms with van der Waals surface area (Å²) in [6.07, 6.45) is 4.47. The number of hydrogen-bond acceptors (Lipinski definition) is 4. The Balaban J connectivity index is 1.92. The largest absolute Gasteiger partial charge is 0.317 e. The summed E-state index contributed by atoms with van der Waals surface area (Å²) in [7, 11) is 0. The maximum atomic E-state index is 4.59. The average molecular weight is 208 g/mol. The number of piperidine rings is 1. The number of hydrogen-bond donors (Lipinski definition) is 1. The molecule has 0 bridgehead atoms. The average Bonchev–Trinajstić information content (AvgIpc) is 2.78. The summed E-state index contributed by atoms with van der Waals surface area (Å²) >= 11 is 1.60. The van der Waals surface area contributed by atoms with Gasteiger partial charge in [-0.3, -0.25) is 0 Å². The second kappa shape index (κ2) is 3.33. The van der Waals surface area contributed by atoms with E-state index in [0.717, 1.165) is 18.1 Å². The molecule has 1 N–H and O–H groups in total. The fraction of sp³-hybridized carbons (Fsp3) is 0.556. The highest BCUT2D eigenvalue weighted by molar-refractivity contribution is 7.14. The molecule has 0 unspecified atom stereocenters. The van der Waals surface area contributed by atoms with E-state index in [2.05, 4.69) is 21.6 Å². The van der Waals surface area contributed by atoms with Crippen LogP contribution in [0.15, 0.2) is 11.7 Å². The molecule has 0 saturated carbocycles. The summed E-state index contributed by atoms with van der Waals surface area (Å²) in [5, 5.41) is 7.56. The third-order valence-electron chi connectivity index (χ3n) is 2.76. The van der Waals surface area contributed by atoms with Crippen LogP contribution in [0.1, 0.15) is 24.5 Å². The maximum absolute atomic E-state index is 4.59. The first-order chi connectivity index (χ1) is 6.93. The standard InChI is InChI=1S/C9H12N4S/c1-3-10-4-2-7(1)8-5-13-9(12-8)14-6-11-13/h5-7,10H,1-4H2. The van der Waals surface area contributed by atoms with E-state index in [1.165, 1.54) is 18.5 Å². The molecule has 0 radical (unpaired) electrons. The topological polar surface area (TPSA) is 42.2 Å². The van der Waals surface area contributed by atoms with Gasteiger partial charge in [-0.25, -0.2) is 9.50 Å². The Kier molecular flexibility index (Phi) is 1.99. The normalized spacial score (nSPS) is 19.1. The third kappa shape index (κ3) is 1.33. The Labute approximate surface area is 86.0 Å². The SMILES string of the molecule is c1nn2cc(C3CCNCC3)nc2s1. The Hall–Kier alpha value is -0.940. The van der Waals surface area contributed by atoms with Crippen LogP contribution in [0.25, 0.3) is 4.96 Å². The Bertz CT molecular complexity index is 398. The van der Waals surface area contributed by atoms with E-state index in [9.17, 15) is 0 Å². The van der Waals surface area contributed by atoms with Crippen LogP contribution in [0.5, 0.6) is 0 Å². The highest BCUT2D eigenvalue weighted by atomic mass is 32.1. The molecule has 1 saturated heterocycles. The van der Waals surface area contributed by atoms with Crippen molar-refractivity contribution in [1.82, 2.24) is 19.9 Å². The highest BCUT2D eigenvalue weighted by Crippen LogP contribution is 2.25. The van der Waals surface area contributed by atoms with Gasteiger partial charge in [0.25, 0.3) is 0 Å². The van der Waals surface area contributed by atoms with Gasteiger partial charge in [0.15, 0.2) is 0 Å². The van der Waals surface area contributed by atoms with Gasteiger partial charge in [-0.05, 0) is 25.9 Å². The molecule has 1 aliphatic rings. The van der Waals surface area contributed by atoms with E-state index >= 15 is 0 Å². The van der Waals surface area contributed by atoms with Crippen molar-refractivity contribution in [3.8, 4) is 0 Å². The number of fused-ring (bicyclic) bond motifs is 1. The van der Waals surface area contributed by atoms with E-state index in [4.69, 9.17) is 0 Å². The summed E-state index contributed by atoms with van der Waals surface area (Å²) in [4.78, 5) is 5.60. The van der Waals surface area contributed by atoms with Gasteiger partial charge in [0.1, 0.15) is 5.51 Å². The fourth-order valence-electron chi connectivity index (χ4n) is 1.97. The quantitative estimate of drug-likeness (QED) is 0.767. The molecule has 3 heterocycles. The predicted molar refractivity (Wildman–Crippen MR) is 55.7 cm³/mol. The second-order valence-corrected chi connectivity index (χ2v) is 4.47. The number of nitrogens with zero attached hydrogens (tertiary/aromatic N) is 3. The third-order valence-corrected chi connectivity index (χ3v) is 3.45. The molecule has 1 aliphatic heterocycles. The Morgan fingerprint density at radius 3 is 3.07 bits per heavy atom. The molecule has 74 valence electrons. The molecule has 2 aromatic heterocycles. The Morgan fingerprint density at radius 2 is 2.29 bits per heavy atom. The molecule has 0 amide bonds. The first-order valence-corrected chi connectivity index (χ1v) is 5.81. The van der Waals surface area contributed by atoms with E-state index < -0.39 is 0 Å². The van der Waals surface area contributed by atoms with Crippen LogP contribution in [-0.2, 0) is 0 Å². The van der Waals surface area contributed by atoms with Crippen LogP contribution < -0.4 is 5.32 Å². The van der Waals surface area contributed by atoms with Gasteiger partial charge in [-0.2, -0.15) is 5.10 Å². The number of aromatic nitrogens is 3. The lowest BCUT2D eigenvalue weighted by atomic mass is 9.95. The molecule has 14 heavy (non-hydrogen) atoms. The van der Waals surface area contributed by atoms with E-state index in [1.807, 2.05) is 10.0 Å². The van der Waals surface area contributed by atoms with E-state index in [1.54, 1.807) is 11.3 Å². The van der Waals surface area contributed by atoms with Gasteiger partial charge in [-0.15, -0.1) is 0 Å². The smallest absolute Gasteiger partial charge is 0.212 e. The van der Waals surface area contributed by atoms with Gasteiger partial charge < -0.3 is 5.32 Å². The van der Waals surface area contributed by atoms with E-state index in [-0.39, 0.29) is 0 Å². The summed E-state index contributed by atoms with van der Waals surface area (Å²) in [6, 6.07) is 0. The summed E-state index contributed by atoms with van der Waals surface area (Å²) < 4.78 is 1.88. The lowest BCUT2D eigenvalue weighted by Crippen LogP contribution is -2.26. The summed E-state index contributed by atoms with van der Waals surface area (Å²) in [5.41, 5.74) is 3.04. The van der Waals surface area contributed by atoms with Crippen molar-refractivity contribution in [3.05, 3.63) is 17.4 Å². The lowest BCUT2D eigenvalue weighted by Gasteiger charge is -2.20. The first-order valence-electron chi connectivity index (χ1n) is 4.93.